The van der Waals surface area contributed by atoms with E-state index >= 15 is 0 Å². The van der Waals surface area contributed by atoms with Crippen molar-refractivity contribution in [1.82, 2.24) is 5.32 Å². The van der Waals surface area contributed by atoms with E-state index in [2.05, 4.69) is 5.32 Å². The zero-order valence-electron chi connectivity index (χ0n) is 22.7. The summed E-state index contributed by atoms with van der Waals surface area (Å²) in [7, 11) is 3.04. The lowest BCUT2D eigenvalue weighted by atomic mass is 9.94. The Morgan fingerprint density at radius 1 is 0.925 bits per heavy atom. The number of phenols is 1. The fourth-order valence-electron chi connectivity index (χ4n) is 5.23. The number of anilines is 1. The van der Waals surface area contributed by atoms with Gasteiger partial charge in [0.1, 0.15) is 29.9 Å². The highest BCUT2D eigenvalue weighted by Crippen LogP contribution is 2.37. The van der Waals surface area contributed by atoms with Crippen molar-refractivity contribution in [2.45, 2.75) is 50.3 Å². The first kappa shape index (κ1) is 27.2. The van der Waals surface area contributed by atoms with Gasteiger partial charge >= 0.3 is 0 Å². The number of fused-ring (bicyclic) bond motifs is 1. The van der Waals surface area contributed by atoms with E-state index in [1.807, 2.05) is 6.07 Å². The van der Waals surface area contributed by atoms with Crippen LogP contribution in [-0.2, 0) is 9.59 Å². The standard InChI is InChI=1S/C31H34N2O7/c1-37-24-16-22(17-25(18-24)38-2)33(31(36)28-19-39-26-10-6-7-11-27(26)40-28)29(20-12-14-23(34)15-13-20)30(35)32-21-8-4-3-5-9-21/h6-7,10-18,21,28-29,34H,3-5,8-9,19H2,1-2H3,(H,32,35)/t28-,29-/m1/s1. The Hall–Kier alpha value is -4.40. The largest absolute Gasteiger partial charge is 0.508 e. The number of nitrogens with zero attached hydrogens (tertiary/aromatic N) is 1. The van der Waals surface area contributed by atoms with Gasteiger partial charge in [-0.25, -0.2) is 0 Å². The Balaban J connectivity index is 1.60. The van der Waals surface area contributed by atoms with Crippen LogP contribution in [0.5, 0.6) is 28.7 Å². The molecule has 0 bridgehead atoms. The summed E-state index contributed by atoms with van der Waals surface area (Å²) in [5, 5.41) is 13.2. The van der Waals surface area contributed by atoms with Gasteiger partial charge in [0.05, 0.1) is 19.9 Å². The topological polar surface area (TPSA) is 107 Å². The van der Waals surface area contributed by atoms with Crippen LogP contribution in [0.4, 0.5) is 5.69 Å². The van der Waals surface area contributed by atoms with Crippen molar-refractivity contribution in [2.75, 3.05) is 25.7 Å². The van der Waals surface area contributed by atoms with Crippen LogP contribution < -0.4 is 29.2 Å². The summed E-state index contributed by atoms with van der Waals surface area (Å²) in [5.41, 5.74) is 0.916. The zero-order valence-corrected chi connectivity index (χ0v) is 22.7. The van der Waals surface area contributed by atoms with Gasteiger partial charge in [-0.1, -0.05) is 43.5 Å². The smallest absolute Gasteiger partial charge is 0.272 e. The second-order valence-electron chi connectivity index (χ2n) is 9.98. The summed E-state index contributed by atoms with van der Waals surface area (Å²) in [5.74, 6) is 1.16. The highest BCUT2D eigenvalue weighted by molar-refractivity contribution is 6.04. The molecule has 210 valence electrons. The van der Waals surface area contributed by atoms with Crippen molar-refractivity contribution in [1.29, 1.82) is 0 Å². The second-order valence-corrected chi connectivity index (χ2v) is 9.98. The molecular weight excluding hydrogens is 512 g/mol. The monoisotopic (exact) mass is 546 g/mol. The molecule has 0 aromatic heterocycles. The summed E-state index contributed by atoms with van der Waals surface area (Å²) >= 11 is 0. The number of methoxy groups -OCH3 is 2. The average Bonchev–Trinajstić information content (AvgIpc) is 3.00. The van der Waals surface area contributed by atoms with Crippen molar-refractivity contribution >= 4 is 17.5 Å². The van der Waals surface area contributed by atoms with E-state index in [4.69, 9.17) is 18.9 Å². The fraction of sp³-hybridized carbons (Fsp3) is 0.355. The number of hydrogen-bond acceptors (Lipinski definition) is 7. The molecule has 2 amide bonds. The summed E-state index contributed by atoms with van der Waals surface area (Å²) in [6.07, 6.45) is 3.96. The Morgan fingerprint density at radius 2 is 1.57 bits per heavy atom. The number of amides is 2. The number of carbonyl (C=O) groups excluding carboxylic acids is 2. The lowest BCUT2D eigenvalue weighted by Gasteiger charge is -2.36. The highest BCUT2D eigenvalue weighted by Gasteiger charge is 2.40. The zero-order chi connectivity index (χ0) is 28.1. The molecule has 2 aliphatic rings. The first-order valence-electron chi connectivity index (χ1n) is 13.5. The van der Waals surface area contributed by atoms with Crippen LogP contribution in [0.15, 0.2) is 66.7 Å². The predicted octanol–water partition coefficient (Wildman–Crippen LogP) is 4.77. The molecule has 0 radical (unpaired) electrons. The first-order chi connectivity index (χ1) is 19.5. The summed E-state index contributed by atoms with van der Waals surface area (Å²) in [6.45, 7) is -0.0278. The third kappa shape index (κ3) is 5.93. The molecule has 3 aromatic carbocycles. The molecule has 0 unspecified atom stereocenters. The number of hydrogen-bond donors (Lipinski definition) is 2. The second kappa shape index (κ2) is 12.2. The van der Waals surface area contributed by atoms with Crippen molar-refractivity contribution in [2.24, 2.45) is 0 Å². The summed E-state index contributed by atoms with van der Waals surface area (Å²) in [4.78, 5) is 29.9. The van der Waals surface area contributed by atoms with Gasteiger partial charge in [0.2, 0.25) is 12.0 Å². The van der Waals surface area contributed by atoms with Crippen LogP contribution in [-0.4, -0.2) is 49.9 Å². The number of para-hydroxylation sites is 2. The number of nitrogens with one attached hydrogen (secondary N) is 1. The van der Waals surface area contributed by atoms with Crippen LogP contribution in [0.1, 0.15) is 43.7 Å². The van der Waals surface area contributed by atoms with Crippen LogP contribution in [0.25, 0.3) is 0 Å². The van der Waals surface area contributed by atoms with Gasteiger partial charge in [0, 0.05) is 24.2 Å². The molecule has 5 rings (SSSR count). The number of ether oxygens (including phenoxy) is 4. The van der Waals surface area contributed by atoms with Gasteiger partial charge in [-0.2, -0.15) is 0 Å². The van der Waals surface area contributed by atoms with E-state index in [1.54, 1.807) is 48.5 Å². The SMILES string of the molecule is COc1cc(OC)cc(N(C(=O)[C@H]2COc3ccccc3O2)[C@@H](C(=O)NC2CCCCC2)c2ccc(O)cc2)c1. The molecule has 1 fully saturated rings. The first-order valence-corrected chi connectivity index (χ1v) is 13.5. The van der Waals surface area contributed by atoms with Gasteiger partial charge < -0.3 is 29.4 Å². The molecule has 9 heteroatoms. The molecule has 40 heavy (non-hydrogen) atoms. The van der Waals surface area contributed by atoms with Crippen LogP contribution >= 0.6 is 0 Å². The van der Waals surface area contributed by atoms with Crippen molar-refractivity contribution in [3.05, 3.63) is 72.3 Å². The molecule has 9 nitrogen and oxygen atoms in total. The lowest BCUT2D eigenvalue weighted by molar-refractivity contribution is -0.132. The predicted molar refractivity (Wildman–Crippen MR) is 149 cm³/mol. The number of benzene rings is 3. The van der Waals surface area contributed by atoms with Gasteiger partial charge in [-0.15, -0.1) is 0 Å². The maximum absolute atomic E-state index is 14.4. The summed E-state index contributed by atoms with van der Waals surface area (Å²) in [6, 6.07) is 17.4. The van der Waals surface area contributed by atoms with Gasteiger partial charge in [0.25, 0.3) is 5.91 Å². The van der Waals surface area contributed by atoms with E-state index in [0.717, 1.165) is 32.1 Å². The van der Waals surface area contributed by atoms with Gasteiger partial charge in [0.15, 0.2) is 11.5 Å². The average molecular weight is 547 g/mol. The number of aromatic hydroxyl groups is 1. The molecule has 2 N–H and O–H groups in total. The number of carbonyl (C=O) groups is 2. The van der Waals surface area contributed by atoms with E-state index in [9.17, 15) is 14.7 Å². The minimum Gasteiger partial charge on any atom is -0.508 e. The Kier molecular flexibility index (Phi) is 8.28. The summed E-state index contributed by atoms with van der Waals surface area (Å²) < 4.78 is 22.9. The fourth-order valence-corrected chi connectivity index (χ4v) is 5.23. The van der Waals surface area contributed by atoms with E-state index in [0.29, 0.717) is 34.2 Å². The maximum atomic E-state index is 14.4. The van der Waals surface area contributed by atoms with Crippen LogP contribution in [0.2, 0.25) is 0 Å². The normalized spacial score (nSPS) is 17.4. The molecule has 1 aliphatic heterocycles. The molecule has 3 aromatic rings. The molecule has 2 atom stereocenters. The third-order valence-corrected chi connectivity index (χ3v) is 7.30. The molecule has 1 saturated carbocycles. The molecule has 0 spiro atoms. The van der Waals surface area contributed by atoms with Crippen molar-refractivity contribution < 1.29 is 33.6 Å². The van der Waals surface area contributed by atoms with E-state index < -0.39 is 18.1 Å². The van der Waals surface area contributed by atoms with Crippen LogP contribution in [0.3, 0.4) is 0 Å². The van der Waals surface area contributed by atoms with Crippen molar-refractivity contribution in [3.8, 4) is 28.7 Å². The number of phenolic OH excluding ortho intramolecular Hbond substituents is 1. The molecule has 1 aliphatic carbocycles. The van der Waals surface area contributed by atoms with Crippen LogP contribution in [0, 0.1) is 0 Å². The Labute approximate surface area is 233 Å². The van der Waals surface area contributed by atoms with E-state index in [-0.39, 0.29) is 24.3 Å². The van der Waals surface area contributed by atoms with E-state index in [1.165, 1.54) is 31.3 Å². The maximum Gasteiger partial charge on any atom is 0.272 e. The minimum absolute atomic E-state index is 0.0128. The molecule has 0 saturated heterocycles. The van der Waals surface area contributed by atoms with Crippen molar-refractivity contribution in [3.63, 3.8) is 0 Å². The molecular formula is C31H34N2O7. The highest BCUT2D eigenvalue weighted by atomic mass is 16.6. The molecule has 1 heterocycles. The quantitative estimate of drug-likeness (QED) is 0.419. The van der Waals surface area contributed by atoms with Gasteiger partial charge in [-0.05, 0) is 42.7 Å². The lowest BCUT2D eigenvalue weighted by Crippen LogP contribution is -2.52. The number of rotatable bonds is 8. The minimum atomic E-state index is -1.08. The Bertz CT molecular complexity index is 1320. The Morgan fingerprint density at radius 3 is 2.23 bits per heavy atom. The third-order valence-electron chi connectivity index (χ3n) is 7.30. The van der Waals surface area contributed by atoms with Gasteiger partial charge in [-0.3, -0.25) is 14.5 Å².